The molecule has 1 saturated heterocycles. The Bertz CT molecular complexity index is 899. The van der Waals surface area contributed by atoms with Crippen LogP contribution in [-0.4, -0.2) is 60.1 Å². The number of fused-ring (bicyclic) bond motifs is 1. The first kappa shape index (κ1) is 18.7. The third kappa shape index (κ3) is 4.02. The highest BCUT2D eigenvalue weighted by Gasteiger charge is 2.33. The Labute approximate surface area is 156 Å². The van der Waals surface area contributed by atoms with Crippen molar-refractivity contribution in [2.45, 2.75) is 26.4 Å². The van der Waals surface area contributed by atoms with Crippen LogP contribution in [0.5, 0.6) is 0 Å². The summed E-state index contributed by atoms with van der Waals surface area (Å²) >= 11 is 0. The maximum absolute atomic E-state index is 12.5. The lowest BCUT2D eigenvalue weighted by molar-refractivity contribution is -0.121. The average Bonchev–Trinajstić information content (AvgIpc) is 3.02. The van der Waals surface area contributed by atoms with Crippen LogP contribution in [-0.2, 0) is 9.53 Å². The topological polar surface area (TPSA) is 105 Å². The average molecular weight is 374 g/mol. The summed E-state index contributed by atoms with van der Waals surface area (Å²) in [6, 6.07) is 5.01. The number of aromatic nitrogens is 1. The summed E-state index contributed by atoms with van der Waals surface area (Å²) in [5.41, 5.74) is 0.777. The third-order valence-electron chi connectivity index (χ3n) is 3.97. The van der Waals surface area contributed by atoms with E-state index in [1.54, 1.807) is 46.0 Å². The number of benzene rings is 1. The molecule has 0 spiro atoms. The fraction of sp³-hybridized carbons (Fsp3) is 0.444. The van der Waals surface area contributed by atoms with Gasteiger partial charge < -0.3 is 14.5 Å². The van der Waals surface area contributed by atoms with Crippen molar-refractivity contribution in [2.24, 2.45) is 0 Å². The molecular formula is C18H22N4O5. The second-order valence-corrected chi connectivity index (χ2v) is 7.21. The summed E-state index contributed by atoms with van der Waals surface area (Å²) in [5, 5.41) is 2.54. The predicted molar refractivity (Wildman–Crippen MR) is 97.6 cm³/mol. The van der Waals surface area contributed by atoms with E-state index in [2.05, 4.69) is 10.3 Å². The molecule has 2 aromatic rings. The minimum Gasteiger partial charge on any atom is -0.444 e. The smallest absolute Gasteiger partial charge is 0.410 e. The Morgan fingerprint density at radius 3 is 2.63 bits per heavy atom. The van der Waals surface area contributed by atoms with Gasteiger partial charge in [-0.2, -0.15) is 4.98 Å². The summed E-state index contributed by atoms with van der Waals surface area (Å²) < 4.78 is 11.0. The summed E-state index contributed by atoms with van der Waals surface area (Å²) in [4.78, 5) is 43.4. The summed E-state index contributed by atoms with van der Waals surface area (Å²) in [6.45, 7) is 5.75. The van der Waals surface area contributed by atoms with Crippen LogP contribution in [0.15, 0.2) is 22.6 Å². The van der Waals surface area contributed by atoms with Gasteiger partial charge in [0, 0.05) is 25.7 Å². The van der Waals surface area contributed by atoms with Crippen LogP contribution in [0, 0.1) is 0 Å². The molecule has 0 unspecified atom stereocenters. The van der Waals surface area contributed by atoms with E-state index in [1.165, 1.54) is 9.80 Å². The highest BCUT2D eigenvalue weighted by Crippen LogP contribution is 2.24. The molecule has 2 heterocycles. The number of anilines is 1. The molecular weight excluding hydrogens is 352 g/mol. The molecule has 1 aromatic heterocycles. The molecule has 1 aromatic carbocycles. The molecule has 144 valence electrons. The van der Waals surface area contributed by atoms with Gasteiger partial charge >= 0.3 is 12.1 Å². The van der Waals surface area contributed by atoms with Crippen LogP contribution < -0.4 is 10.2 Å². The fourth-order valence-electron chi connectivity index (χ4n) is 2.67. The first-order chi connectivity index (χ1) is 12.7. The Morgan fingerprint density at radius 1 is 1.26 bits per heavy atom. The van der Waals surface area contributed by atoms with Crippen LogP contribution in [0.4, 0.5) is 10.8 Å². The van der Waals surface area contributed by atoms with Gasteiger partial charge in [-0.15, -0.1) is 0 Å². The van der Waals surface area contributed by atoms with Gasteiger partial charge in [-0.05, 0) is 39.0 Å². The lowest BCUT2D eigenvalue weighted by atomic mass is 10.2. The van der Waals surface area contributed by atoms with E-state index in [0.717, 1.165) is 0 Å². The standard InChI is InChI=1S/C18H22N4O5/c1-18(2,3)27-17(25)21-7-8-22(14(23)10-21)16-20-12-9-11(15(24)19-4)5-6-13(12)26-16/h5-6,9H,7-8,10H2,1-4H3,(H,19,24). The molecule has 9 heteroatoms. The van der Waals surface area contributed by atoms with Crippen molar-refractivity contribution in [2.75, 3.05) is 31.6 Å². The molecule has 27 heavy (non-hydrogen) atoms. The molecule has 1 fully saturated rings. The second kappa shape index (κ2) is 6.90. The predicted octanol–water partition coefficient (Wildman–Crippen LogP) is 1.77. The lowest BCUT2D eigenvalue weighted by Crippen LogP contribution is -2.53. The number of hydrogen-bond donors (Lipinski definition) is 1. The number of ether oxygens (including phenoxy) is 1. The zero-order chi connectivity index (χ0) is 19.8. The van der Waals surface area contributed by atoms with Crippen LogP contribution >= 0.6 is 0 Å². The van der Waals surface area contributed by atoms with Crippen molar-refractivity contribution in [3.63, 3.8) is 0 Å². The Kier molecular flexibility index (Phi) is 4.77. The number of amides is 3. The van der Waals surface area contributed by atoms with E-state index in [9.17, 15) is 14.4 Å². The molecule has 1 aliphatic heterocycles. The highest BCUT2D eigenvalue weighted by molar-refractivity contribution is 5.98. The Morgan fingerprint density at radius 2 is 2.00 bits per heavy atom. The van der Waals surface area contributed by atoms with E-state index in [4.69, 9.17) is 9.15 Å². The molecule has 9 nitrogen and oxygen atoms in total. The minimum atomic E-state index is -0.625. The molecule has 0 aliphatic carbocycles. The van der Waals surface area contributed by atoms with Gasteiger partial charge in [-0.1, -0.05) is 0 Å². The summed E-state index contributed by atoms with van der Waals surface area (Å²) in [5.74, 6) is -0.548. The second-order valence-electron chi connectivity index (χ2n) is 7.21. The first-order valence-corrected chi connectivity index (χ1v) is 8.59. The Hall–Kier alpha value is -3.10. The van der Waals surface area contributed by atoms with Gasteiger partial charge in [0.25, 0.3) is 5.91 Å². The number of oxazole rings is 1. The number of piperazine rings is 1. The van der Waals surface area contributed by atoms with Crippen molar-refractivity contribution < 1.29 is 23.5 Å². The summed E-state index contributed by atoms with van der Waals surface area (Å²) in [6.07, 6.45) is -0.525. The number of carbonyl (C=O) groups excluding carboxylic acids is 3. The zero-order valence-electron chi connectivity index (χ0n) is 15.7. The monoisotopic (exact) mass is 374 g/mol. The van der Waals surface area contributed by atoms with Crippen molar-refractivity contribution >= 4 is 35.0 Å². The molecule has 1 aliphatic rings. The maximum Gasteiger partial charge on any atom is 0.410 e. The summed E-state index contributed by atoms with van der Waals surface area (Å²) in [7, 11) is 1.55. The number of nitrogens with zero attached hydrogens (tertiary/aromatic N) is 3. The van der Waals surface area contributed by atoms with Crippen molar-refractivity contribution in [3.05, 3.63) is 23.8 Å². The Balaban J connectivity index is 1.75. The molecule has 1 N–H and O–H groups in total. The number of rotatable bonds is 2. The van der Waals surface area contributed by atoms with Crippen LogP contribution in [0.3, 0.4) is 0 Å². The minimum absolute atomic E-state index is 0.114. The van der Waals surface area contributed by atoms with Gasteiger partial charge in [0.2, 0.25) is 5.91 Å². The van der Waals surface area contributed by atoms with E-state index >= 15 is 0 Å². The van der Waals surface area contributed by atoms with Crippen molar-refractivity contribution in [1.82, 2.24) is 15.2 Å². The van der Waals surface area contributed by atoms with Crippen molar-refractivity contribution in [1.29, 1.82) is 0 Å². The van der Waals surface area contributed by atoms with Crippen LogP contribution in [0.1, 0.15) is 31.1 Å². The van der Waals surface area contributed by atoms with Crippen LogP contribution in [0.2, 0.25) is 0 Å². The van der Waals surface area contributed by atoms with E-state index in [-0.39, 0.29) is 30.9 Å². The SMILES string of the molecule is CNC(=O)c1ccc2oc(N3CCN(C(=O)OC(C)(C)C)CC3=O)nc2c1. The molecule has 0 radical (unpaired) electrons. The van der Waals surface area contributed by atoms with E-state index in [0.29, 0.717) is 23.2 Å². The van der Waals surface area contributed by atoms with Gasteiger partial charge in [-0.25, -0.2) is 4.79 Å². The molecule has 0 atom stereocenters. The highest BCUT2D eigenvalue weighted by atomic mass is 16.6. The number of hydrogen-bond acceptors (Lipinski definition) is 6. The number of nitrogens with one attached hydrogen (secondary N) is 1. The number of carbonyl (C=O) groups is 3. The molecule has 0 bridgehead atoms. The van der Waals surface area contributed by atoms with Gasteiger partial charge in [0.1, 0.15) is 17.7 Å². The zero-order valence-corrected chi connectivity index (χ0v) is 15.7. The van der Waals surface area contributed by atoms with Crippen LogP contribution in [0.25, 0.3) is 11.1 Å². The molecule has 3 amide bonds. The van der Waals surface area contributed by atoms with E-state index < -0.39 is 11.7 Å². The van der Waals surface area contributed by atoms with Crippen molar-refractivity contribution in [3.8, 4) is 0 Å². The molecule has 0 saturated carbocycles. The normalized spacial score (nSPS) is 15.2. The first-order valence-electron chi connectivity index (χ1n) is 8.59. The largest absolute Gasteiger partial charge is 0.444 e. The third-order valence-corrected chi connectivity index (χ3v) is 3.97. The van der Waals surface area contributed by atoms with Gasteiger partial charge in [0.05, 0.1) is 0 Å². The lowest BCUT2D eigenvalue weighted by Gasteiger charge is -2.33. The maximum atomic E-state index is 12.5. The van der Waals surface area contributed by atoms with Gasteiger partial charge in [-0.3, -0.25) is 19.4 Å². The molecule has 3 rings (SSSR count). The van der Waals surface area contributed by atoms with Gasteiger partial charge in [0.15, 0.2) is 5.58 Å². The van der Waals surface area contributed by atoms with E-state index in [1.807, 2.05) is 0 Å². The fourth-order valence-corrected chi connectivity index (χ4v) is 2.67. The quantitative estimate of drug-likeness (QED) is 0.859.